The normalized spacial score (nSPS) is 12.5. The Hall–Kier alpha value is -1.28. The van der Waals surface area contributed by atoms with Crippen molar-refractivity contribution < 1.29 is 9.84 Å². The lowest BCUT2D eigenvalue weighted by molar-refractivity contribution is 0.145. The average Bonchev–Trinajstić information content (AvgIpc) is 2.77. The number of rotatable bonds is 6. The highest BCUT2D eigenvalue weighted by atomic mass is 79.9. The van der Waals surface area contributed by atoms with E-state index in [0.29, 0.717) is 13.2 Å². The molecule has 1 aromatic heterocycles. The average molecular weight is 336 g/mol. The fourth-order valence-corrected chi connectivity index (χ4v) is 2.55. The van der Waals surface area contributed by atoms with E-state index in [1.165, 1.54) is 0 Å². The van der Waals surface area contributed by atoms with Gasteiger partial charge >= 0.3 is 0 Å². The molecule has 0 amide bonds. The minimum Gasteiger partial charge on any atom is -0.396 e. The van der Waals surface area contributed by atoms with Crippen LogP contribution in [0.25, 0.3) is 10.9 Å². The third-order valence-electron chi connectivity index (χ3n) is 3.19. The molecular formula is C16H18BrNO2. The summed E-state index contributed by atoms with van der Waals surface area (Å²) in [5.74, 6) is 2.66. The zero-order chi connectivity index (χ0) is 14.5. The van der Waals surface area contributed by atoms with Crippen molar-refractivity contribution in [2.75, 3.05) is 13.2 Å². The molecule has 1 N–H and O–H groups in total. The Morgan fingerprint density at radius 2 is 2.25 bits per heavy atom. The highest BCUT2D eigenvalue weighted by Gasteiger charge is 2.12. The van der Waals surface area contributed by atoms with Crippen LogP contribution in [0.4, 0.5) is 0 Å². The second kappa shape index (κ2) is 6.94. The first kappa shape index (κ1) is 15.1. The Labute approximate surface area is 127 Å². The summed E-state index contributed by atoms with van der Waals surface area (Å²) in [7, 11) is 0. The van der Waals surface area contributed by atoms with Gasteiger partial charge in [-0.15, -0.1) is 6.42 Å². The molecule has 106 valence electrons. The molecule has 0 radical (unpaired) electrons. The predicted molar refractivity (Wildman–Crippen MR) is 84.4 cm³/mol. The maximum absolute atomic E-state index is 9.28. The van der Waals surface area contributed by atoms with Crippen LogP contribution < -0.4 is 0 Å². The molecule has 20 heavy (non-hydrogen) atoms. The summed E-state index contributed by atoms with van der Waals surface area (Å²) in [6, 6.07) is 8.30. The van der Waals surface area contributed by atoms with Crippen molar-refractivity contribution in [2.45, 2.75) is 20.1 Å². The largest absolute Gasteiger partial charge is 0.396 e. The van der Waals surface area contributed by atoms with E-state index in [2.05, 4.69) is 44.6 Å². The van der Waals surface area contributed by atoms with E-state index in [1.807, 2.05) is 13.0 Å². The molecule has 1 atom stereocenters. The maximum atomic E-state index is 9.28. The number of aliphatic hydroxyl groups is 1. The lowest BCUT2D eigenvalue weighted by atomic mass is 10.2. The topological polar surface area (TPSA) is 34.4 Å². The van der Waals surface area contributed by atoms with Crippen molar-refractivity contribution in [3.05, 3.63) is 34.4 Å². The van der Waals surface area contributed by atoms with E-state index < -0.39 is 0 Å². The summed E-state index contributed by atoms with van der Waals surface area (Å²) in [6.07, 6.45) is 5.21. The molecule has 0 unspecified atom stereocenters. The molecule has 2 rings (SSSR count). The Balaban J connectivity index is 2.38. The molecule has 1 aromatic carbocycles. The van der Waals surface area contributed by atoms with Crippen LogP contribution in [0.2, 0.25) is 0 Å². The highest BCUT2D eigenvalue weighted by Crippen LogP contribution is 2.25. The minimum atomic E-state index is 0.165. The van der Waals surface area contributed by atoms with Crippen molar-refractivity contribution in [3.8, 4) is 12.3 Å². The van der Waals surface area contributed by atoms with Crippen LogP contribution >= 0.6 is 15.9 Å². The number of halogens is 1. The van der Waals surface area contributed by atoms with E-state index in [0.717, 1.165) is 27.6 Å². The van der Waals surface area contributed by atoms with E-state index in [-0.39, 0.29) is 12.5 Å². The molecule has 0 spiro atoms. The van der Waals surface area contributed by atoms with Gasteiger partial charge in [-0.1, -0.05) is 34.8 Å². The summed E-state index contributed by atoms with van der Waals surface area (Å²) in [5.41, 5.74) is 2.22. The molecule has 0 saturated carbocycles. The molecule has 0 bridgehead atoms. The van der Waals surface area contributed by atoms with Gasteiger partial charge in [-0.25, -0.2) is 0 Å². The van der Waals surface area contributed by atoms with E-state index in [9.17, 15) is 5.11 Å². The summed E-state index contributed by atoms with van der Waals surface area (Å²) in [5, 5.41) is 10.4. The molecule has 0 saturated heterocycles. The third-order valence-corrected chi connectivity index (χ3v) is 3.69. The fourth-order valence-electron chi connectivity index (χ4n) is 2.20. The summed E-state index contributed by atoms with van der Waals surface area (Å²) < 4.78 is 8.68. The van der Waals surface area contributed by atoms with Crippen LogP contribution in [-0.4, -0.2) is 22.9 Å². The molecule has 4 heteroatoms. The number of terminal acetylenes is 1. The van der Waals surface area contributed by atoms with Crippen LogP contribution in [0, 0.1) is 18.3 Å². The van der Waals surface area contributed by atoms with Crippen molar-refractivity contribution in [2.24, 2.45) is 5.92 Å². The molecule has 1 heterocycles. The molecule has 0 aliphatic rings. The lowest BCUT2D eigenvalue weighted by Gasteiger charge is -2.14. The molecule has 0 aliphatic heterocycles. The standard InChI is InChI=1S/C16H18BrNO2/c1-3-6-20-11-15-7-13-4-5-14(17)8-16(13)18(15)9-12(2)10-19/h1,4-5,7-8,12,19H,6,9-11H2,2H3/t12-/m1/s1. The van der Waals surface area contributed by atoms with Gasteiger partial charge in [0.1, 0.15) is 6.61 Å². The molecule has 0 aliphatic carbocycles. The maximum Gasteiger partial charge on any atom is 0.107 e. The smallest absolute Gasteiger partial charge is 0.107 e. The molecular weight excluding hydrogens is 318 g/mol. The lowest BCUT2D eigenvalue weighted by Crippen LogP contribution is -2.13. The number of fused-ring (bicyclic) bond motifs is 1. The molecule has 2 aromatic rings. The van der Waals surface area contributed by atoms with Gasteiger partial charge in [-0.2, -0.15) is 0 Å². The zero-order valence-electron chi connectivity index (χ0n) is 11.5. The van der Waals surface area contributed by atoms with Crippen molar-refractivity contribution in [1.29, 1.82) is 0 Å². The van der Waals surface area contributed by atoms with Crippen LogP contribution in [0.1, 0.15) is 12.6 Å². The van der Waals surface area contributed by atoms with Crippen molar-refractivity contribution in [3.63, 3.8) is 0 Å². The molecule has 3 nitrogen and oxygen atoms in total. The van der Waals surface area contributed by atoms with Crippen molar-refractivity contribution in [1.82, 2.24) is 4.57 Å². The highest BCUT2D eigenvalue weighted by molar-refractivity contribution is 9.10. The summed E-state index contributed by atoms with van der Waals surface area (Å²) in [4.78, 5) is 0. The van der Waals surface area contributed by atoms with Crippen LogP contribution in [0.3, 0.4) is 0 Å². The number of benzene rings is 1. The van der Waals surface area contributed by atoms with Gasteiger partial charge < -0.3 is 14.4 Å². The fraction of sp³-hybridized carbons (Fsp3) is 0.375. The Morgan fingerprint density at radius 1 is 1.45 bits per heavy atom. The summed E-state index contributed by atoms with van der Waals surface area (Å²) >= 11 is 3.50. The number of hydrogen-bond acceptors (Lipinski definition) is 2. The van der Waals surface area contributed by atoms with Crippen LogP contribution in [0.15, 0.2) is 28.7 Å². The monoisotopic (exact) mass is 335 g/mol. The van der Waals surface area contributed by atoms with Gasteiger partial charge in [-0.3, -0.25) is 0 Å². The molecule has 0 fully saturated rings. The third kappa shape index (κ3) is 3.43. The van der Waals surface area contributed by atoms with E-state index >= 15 is 0 Å². The first-order chi connectivity index (χ1) is 9.65. The number of nitrogens with zero attached hydrogens (tertiary/aromatic N) is 1. The van der Waals surface area contributed by atoms with Gasteiger partial charge in [0.15, 0.2) is 0 Å². The predicted octanol–water partition coefficient (Wildman–Crippen LogP) is 3.18. The van der Waals surface area contributed by atoms with E-state index in [4.69, 9.17) is 11.2 Å². The summed E-state index contributed by atoms with van der Waals surface area (Å²) in [6.45, 7) is 3.73. The Morgan fingerprint density at radius 3 is 2.95 bits per heavy atom. The number of hydrogen-bond donors (Lipinski definition) is 1. The van der Waals surface area contributed by atoms with Crippen LogP contribution in [-0.2, 0) is 17.9 Å². The first-order valence-electron chi connectivity index (χ1n) is 6.55. The number of aromatic nitrogens is 1. The first-order valence-corrected chi connectivity index (χ1v) is 7.34. The second-order valence-electron chi connectivity index (χ2n) is 4.93. The minimum absolute atomic E-state index is 0.165. The van der Waals surface area contributed by atoms with Gasteiger partial charge in [0.05, 0.1) is 6.61 Å². The Kier molecular flexibility index (Phi) is 5.24. The number of ether oxygens (including phenoxy) is 1. The zero-order valence-corrected chi connectivity index (χ0v) is 13.1. The Bertz CT molecular complexity index is 627. The van der Waals surface area contributed by atoms with Crippen molar-refractivity contribution >= 4 is 26.8 Å². The van der Waals surface area contributed by atoms with Gasteiger partial charge in [0.25, 0.3) is 0 Å². The van der Waals surface area contributed by atoms with Gasteiger partial charge in [-0.05, 0) is 24.1 Å². The SMILES string of the molecule is C#CCOCc1cc2ccc(Br)cc2n1C[C@@H](C)CO. The van der Waals surface area contributed by atoms with Crippen LogP contribution in [0.5, 0.6) is 0 Å². The van der Waals surface area contributed by atoms with Gasteiger partial charge in [0, 0.05) is 34.2 Å². The van der Waals surface area contributed by atoms with E-state index in [1.54, 1.807) is 0 Å². The quantitative estimate of drug-likeness (QED) is 0.649. The number of aliphatic hydroxyl groups excluding tert-OH is 1. The van der Waals surface area contributed by atoms with Gasteiger partial charge in [0.2, 0.25) is 0 Å². The second-order valence-corrected chi connectivity index (χ2v) is 5.85.